The Bertz CT molecular complexity index is 1490. The summed E-state index contributed by atoms with van der Waals surface area (Å²) in [5, 5.41) is 18.6. The molecule has 1 aromatic carbocycles. The van der Waals surface area contributed by atoms with E-state index < -0.39 is 12.2 Å². The first-order valence-electron chi connectivity index (χ1n) is 11.6. The van der Waals surface area contributed by atoms with Crippen molar-refractivity contribution in [2.45, 2.75) is 44.6 Å². The molecule has 5 rings (SSSR count). The lowest BCUT2D eigenvalue weighted by Crippen LogP contribution is -2.38. The normalized spacial score (nSPS) is 16.7. The summed E-state index contributed by atoms with van der Waals surface area (Å²) in [5.74, 6) is 0.634. The average Bonchev–Trinajstić information content (AvgIpc) is 3.44. The number of halogens is 5. The first-order chi connectivity index (χ1) is 17.2. The van der Waals surface area contributed by atoms with Gasteiger partial charge in [0, 0.05) is 30.7 Å². The fraction of sp³-hybridized carbons (Fsp3) is 0.360. The van der Waals surface area contributed by atoms with Crippen molar-refractivity contribution in [1.82, 2.24) is 24.5 Å². The molecule has 0 aliphatic carbocycles. The molecule has 38 heavy (non-hydrogen) atoms. The monoisotopic (exact) mass is 567 g/mol. The first kappa shape index (κ1) is 29.4. The molecule has 0 radical (unpaired) electrons. The van der Waals surface area contributed by atoms with Crippen molar-refractivity contribution in [2.24, 2.45) is 5.73 Å². The number of nitriles is 1. The van der Waals surface area contributed by atoms with Crippen LogP contribution >= 0.6 is 24.8 Å². The van der Waals surface area contributed by atoms with E-state index in [1.54, 1.807) is 24.3 Å². The number of alkyl halides is 3. The molecule has 1 aliphatic rings. The van der Waals surface area contributed by atoms with Gasteiger partial charge >= 0.3 is 6.18 Å². The van der Waals surface area contributed by atoms with Gasteiger partial charge < -0.3 is 10.5 Å². The maximum Gasteiger partial charge on any atom is 0.408 e. The van der Waals surface area contributed by atoms with Gasteiger partial charge in [0.2, 0.25) is 0 Å². The van der Waals surface area contributed by atoms with E-state index in [1.165, 1.54) is 27.6 Å². The van der Waals surface area contributed by atoms with Crippen LogP contribution in [0.3, 0.4) is 0 Å². The molecule has 3 aromatic heterocycles. The SMILES string of the molecule is CC(C)Oc1c(C#N)ccc2ccc(-c3nnc4ccc([C@@H](N5CC[C@H](N)C5)C(F)(F)F)cn34)nc12.Cl.Cl. The van der Waals surface area contributed by atoms with E-state index in [-0.39, 0.29) is 61.4 Å². The molecule has 4 aromatic rings. The Morgan fingerprint density at radius 1 is 1.11 bits per heavy atom. The number of likely N-dealkylation sites (tertiary alicyclic amines) is 1. The van der Waals surface area contributed by atoms with Gasteiger partial charge in [0.1, 0.15) is 23.3 Å². The van der Waals surface area contributed by atoms with Gasteiger partial charge in [-0.15, -0.1) is 35.0 Å². The Morgan fingerprint density at radius 2 is 1.84 bits per heavy atom. The van der Waals surface area contributed by atoms with Crippen LogP contribution in [0.1, 0.15) is 37.4 Å². The third-order valence-corrected chi connectivity index (χ3v) is 6.19. The smallest absolute Gasteiger partial charge is 0.408 e. The van der Waals surface area contributed by atoms with Crippen LogP contribution in [0.15, 0.2) is 42.6 Å². The average molecular weight is 568 g/mol. The summed E-state index contributed by atoms with van der Waals surface area (Å²) in [7, 11) is 0. The molecular formula is C25H26Cl2F3N7O. The number of rotatable bonds is 5. The quantitative estimate of drug-likeness (QED) is 0.358. The number of hydrogen-bond donors (Lipinski definition) is 1. The minimum absolute atomic E-state index is 0. The summed E-state index contributed by atoms with van der Waals surface area (Å²) in [4.78, 5) is 6.06. The first-order valence-corrected chi connectivity index (χ1v) is 11.6. The van der Waals surface area contributed by atoms with Crippen molar-refractivity contribution in [3.8, 4) is 23.3 Å². The van der Waals surface area contributed by atoms with Gasteiger partial charge in [-0.2, -0.15) is 18.4 Å². The van der Waals surface area contributed by atoms with Crippen LogP contribution in [0.5, 0.6) is 5.75 Å². The third-order valence-electron chi connectivity index (χ3n) is 6.19. The maximum absolute atomic E-state index is 14.2. The molecule has 0 saturated carbocycles. The molecule has 0 bridgehead atoms. The van der Waals surface area contributed by atoms with Gasteiger partial charge in [0.25, 0.3) is 0 Å². The lowest BCUT2D eigenvalue weighted by Gasteiger charge is -2.30. The number of nitrogens with two attached hydrogens (primary N) is 1. The molecule has 202 valence electrons. The highest BCUT2D eigenvalue weighted by molar-refractivity contribution is 5.88. The van der Waals surface area contributed by atoms with Crippen molar-refractivity contribution >= 4 is 41.4 Å². The van der Waals surface area contributed by atoms with Gasteiger partial charge in [-0.25, -0.2) is 4.98 Å². The zero-order valence-corrected chi connectivity index (χ0v) is 22.1. The number of hydrogen-bond acceptors (Lipinski definition) is 7. The number of ether oxygens (including phenoxy) is 1. The predicted octanol–water partition coefficient (Wildman–Crippen LogP) is 5.08. The van der Waals surface area contributed by atoms with Gasteiger partial charge in [0.05, 0.1) is 11.7 Å². The Hall–Kier alpha value is -3.17. The number of nitrogens with zero attached hydrogens (tertiary/aromatic N) is 6. The number of benzene rings is 1. The molecule has 0 unspecified atom stereocenters. The van der Waals surface area contributed by atoms with Crippen molar-refractivity contribution in [3.05, 3.63) is 53.7 Å². The molecule has 13 heteroatoms. The molecule has 2 atom stereocenters. The maximum atomic E-state index is 14.2. The molecule has 0 amide bonds. The standard InChI is InChI=1S/C25H24F3N7O.2ClH/c1-14(2)36-22-16(11-29)4-3-15-5-7-19(31-21(15)22)24-33-32-20-8-6-17(12-35(20)24)23(25(26,27)28)34-10-9-18(30)13-34;;/h3-8,12,14,18,23H,9-10,13,30H2,1-2H3;2*1H/t18-,23+;;/m0../s1. The second-order valence-electron chi connectivity index (χ2n) is 9.19. The topological polar surface area (TPSA) is 105 Å². The molecule has 2 N–H and O–H groups in total. The molecule has 1 saturated heterocycles. The zero-order valence-electron chi connectivity index (χ0n) is 20.5. The highest BCUT2D eigenvalue weighted by atomic mass is 35.5. The van der Waals surface area contributed by atoms with E-state index in [9.17, 15) is 18.4 Å². The largest absolute Gasteiger partial charge is 0.487 e. The molecule has 8 nitrogen and oxygen atoms in total. The predicted molar refractivity (Wildman–Crippen MR) is 142 cm³/mol. The van der Waals surface area contributed by atoms with Crippen LogP contribution < -0.4 is 10.5 Å². The van der Waals surface area contributed by atoms with E-state index in [0.29, 0.717) is 34.6 Å². The van der Waals surface area contributed by atoms with Crippen molar-refractivity contribution in [3.63, 3.8) is 0 Å². The van der Waals surface area contributed by atoms with Crippen molar-refractivity contribution < 1.29 is 17.9 Å². The minimum atomic E-state index is -4.48. The Kier molecular flexibility index (Phi) is 8.73. The number of pyridine rings is 2. The summed E-state index contributed by atoms with van der Waals surface area (Å²) in [6, 6.07) is 9.95. The van der Waals surface area contributed by atoms with Crippen LogP contribution in [0.4, 0.5) is 13.2 Å². The van der Waals surface area contributed by atoms with E-state index in [2.05, 4.69) is 16.3 Å². The van der Waals surface area contributed by atoms with E-state index in [0.717, 1.165) is 5.39 Å². The van der Waals surface area contributed by atoms with Crippen LogP contribution in [0.2, 0.25) is 0 Å². The third kappa shape index (κ3) is 5.49. The van der Waals surface area contributed by atoms with E-state index >= 15 is 0 Å². The van der Waals surface area contributed by atoms with Gasteiger partial charge in [-0.05, 0) is 44.0 Å². The Morgan fingerprint density at radius 3 is 2.47 bits per heavy atom. The number of fused-ring (bicyclic) bond motifs is 2. The Balaban J connectivity index is 0.00000200. The lowest BCUT2D eigenvalue weighted by atomic mass is 10.1. The number of aromatic nitrogens is 4. The van der Waals surface area contributed by atoms with Crippen molar-refractivity contribution in [2.75, 3.05) is 13.1 Å². The molecule has 1 fully saturated rings. The van der Waals surface area contributed by atoms with Crippen LogP contribution in [-0.2, 0) is 0 Å². The highest BCUT2D eigenvalue weighted by Crippen LogP contribution is 2.39. The van der Waals surface area contributed by atoms with Gasteiger partial charge in [0.15, 0.2) is 17.2 Å². The molecule has 4 heterocycles. The van der Waals surface area contributed by atoms with Crippen molar-refractivity contribution in [1.29, 1.82) is 5.26 Å². The van der Waals surface area contributed by atoms with E-state index in [4.69, 9.17) is 15.5 Å². The zero-order chi connectivity index (χ0) is 25.6. The Labute approximate surface area is 229 Å². The minimum Gasteiger partial charge on any atom is -0.487 e. The van der Waals surface area contributed by atoms with Crippen LogP contribution in [0.25, 0.3) is 28.1 Å². The summed E-state index contributed by atoms with van der Waals surface area (Å²) in [6.45, 7) is 4.14. The summed E-state index contributed by atoms with van der Waals surface area (Å²) < 4.78 is 49.9. The second-order valence-corrected chi connectivity index (χ2v) is 9.19. The fourth-order valence-corrected chi connectivity index (χ4v) is 4.63. The fourth-order valence-electron chi connectivity index (χ4n) is 4.63. The highest BCUT2D eigenvalue weighted by Gasteiger charge is 2.46. The summed E-state index contributed by atoms with van der Waals surface area (Å²) in [5.41, 5.74) is 7.55. The van der Waals surface area contributed by atoms with Crippen LogP contribution in [-0.4, -0.2) is 55.9 Å². The summed E-state index contributed by atoms with van der Waals surface area (Å²) >= 11 is 0. The molecule has 0 spiro atoms. The molecular weight excluding hydrogens is 542 g/mol. The second kappa shape index (κ2) is 11.3. The van der Waals surface area contributed by atoms with Gasteiger partial charge in [-0.1, -0.05) is 18.2 Å². The van der Waals surface area contributed by atoms with E-state index in [1.807, 2.05) is 13.8 Å². The lowest BCUT2D eigenvalue weighted by molar-refractivity contribution is -0.183. The van der Waals surface area contributed by atoms with Crippen LogP contribution in [0, 0.1) is 11.3 Å². The molecule has 1 aliphatic heterocycles. The van der Waals surface area contributed by atoms with Gasteiger partial charge in [-0.3, -0.25) is 9.30 Å². The summed E-state index contributed by atoms with van der Waals surface area (Å²) in [6.07, 6.45) is -2.75.